The maximum absolute atomic E-state index is 10.5. The first-order valence-corrected chi connectivity index (χ1v) is 13.1. The molecule has 0 aromatic heterocycles. The molecule has 4 aliphatic carbocycles. The van der Waals surface area contributed by atoms with Crippen molar-refractivity contribution in [1.29, 1.82) is 0 Å². The molecule has 0 amide bonds. The van der Waals surface area contributed by atoms with Crippen LogP contribution in [0.1, 0.15) is 79.1 Å². The summed E-state index contributed by atoms with van der Waals surface area (Å²) in [6.07, 6.45) is 10.1. The van der Waals surface area contributed by atoms with Crippen molar-refractivity contribution in [2.45, 2.75) is 103 Å². The van der Waals surface area contributed by atoms with Gasteiger partial charge < -0.3 is 19.7 Å². The number of hydrogen-bond acceptors (Lipinski definition) is 4. The second kappa shape index (κ2) is 6.81. The topological polar surface area (TPSA) is 58.9 Å². The van der Waals surface area contributed by atoms with Crippen molar-refractivity contribution in [3.8, 4) is 0 Å². The van der Waals surface area contributed by atoms with Gasteiger partial charge in [0.25, 0.3) is 0 Å². The zero-order valence-corrected chi connectivity index (χ0v) is 19.8. The van der Waals surface area contributed by atoms with Crippen LogP contribution in [0.4, 0.5) is 0 Å². The molecule has 2 saturated heterocycles. The van der Waals surface area contributed by atoms with Gasteiger partial charge in [-0.25, -0.2) is 0 Å². The van der Waals surface area contributed by atoms with Crippen molar-refractivity contribution in [2.24, 2.45) is 46.3 Å². The van der Waals surface area contributed by atoms with Gasteiger partial charge in [0.15, 0.2) is 5.79 Å². The highest BCUT2D eigenvalue weighted by molar-refractivity contribution is 5.27. The van der Waals surface area contributed by atoms with Crippen molar-refractivity contribution < 1.29 is 19.7 Å². The highest BCUT2D eigenvalue weighted by Crippen LogP contribution is 2.70. The summed E-state index contributed by atoms with van der Waals surface area (Å²) in [4.78, 5) is 0. The number of aliphatic hydroxyl groups is 2. The summed E-state index contributed by atoms with van der Waals surface area (Å²) in [6.45, 7) is 10.5. The van der Waals surface area contributed by atoms with Gasteiger partial charge in [-0.3, -0.25) is 0 Å². The van der Waals surface area contributed by atoms with E-state index in [1.54, 1.807) is 0 Å². The lowest BCUT2D eigenvalue weighted by Gasteiger charge is -2.59. The zero-order valence-electron chi connectivity index (χ0n) is 19.8. The Bertz CT molecular complexity index is 769. The standard InChI is InChI=1S/C27H42O4/c1-15-7-10-27(30-14-15)16(2)24-23(31-27)12-20-18-6-5-17-11-21(28)22(29)13-26(17,4)19(18)8-9-25(20,24)3/h5,15-16,18-24,28-29H,6-14H2,1-4H3/t15-,16+,18-,19+,20+,21-,22-,23+,24+,25+,26+,27-/m1/s1. The maximum atomic E-state index is 10.5. The number of ether oxygens (including phenoxy) is 2. The lowest BCUT2D eigenvalue weighted by atomic mass is 9.46. The van der Waals surface area contributed by atoms with E-state index in [2.05, 4.69) is 33.8 Å². The highest BCUT2D eigenvalue weighted by Gasteiger charge is 2.68. The minimum absolute atomic E-state index is 0.0525. The Morgan fingerprint density at radius 1 is 1.03 bits per heavy atom. The zero-order chi connectivity index (χ0) is 21.8. The molecule has 0 aromatic rings. The molecule has 6 aliphatic rings. The first-order valence-electron chi connectivity index (χ1n) is 13.1. The first-order chi connectivity index (χ1) is 14.7. The molecule has 3 saturated carbocycles. The highest BCUT2D eigenvalue weighted by atomic mass is 16.7. The molecule has 4 heteroatoms. The average molecular weight is 431 g/mol. The Kier molecular flexibility index (Phi) is 4.64. The molecular formula is C27H42O4. The van der Waals surface area contributed by atoms with Crippen molar-refractivity contribution >= 4 is 0 Å². The molecule has 6 rings (SSSR count). The molecule has 0 aromatic carbocycles. The molecule has 174 valence electrons. The number of fused-ring (bicyclic) bond motifs is 7. The molecule has 1 spiro atoms. The fourth-order valence-corrected chi connectivity index (χ4v) is 9.71. The molecular weight excluding hydrogens is 388 g/mol. The van der Waals surface area contributed by atoms with E-state index in [4.69, 9.17) is 9.47 Å². The Morgan fingerprint density at radius 2 is 1.84 bits per heavy atom. The van der Waals surface area contributed by atoms with Crippen LogP contribution in [0.15, 0.2) is 11.6 Å². The summed E-state index contributed by atoms with van der Waals surface area (Å²) in [7, 11) is 0. The second-order valence-electron chi connectivity index (χ2n) is 12.8. The average Bonchev–Trinajstić information content (AvgIpc) is 3.16. The van der Waals surface area contributed by atoms with E-state index in [1.807, 2.05) is 0 Å². The van der Waals surface area contributed by atoms with Gasteiger partial charge in [0, 0.05) is 12.3 Å². The maximum Gasteiger partial charge on any atom is 0.171 e. The smallest absolute Gasteiger partial charge is 0.171 e. The van der Waals surface area contributed by atoms with Gasteiger partial charge in [-0.05, 0) is 85.4 Å². The largest absolute Gasteiger partial charge is 0.390 e. The number of hydrogen-bond donors (Lipinski definition) is 2. The van der Waals surface area contributed by atoms with Crippen molar-refractivity contribution in [1.82, 2.24) is 0 Å². The van der Waals surface area contributed by atoms with E-state index in [9.17, 15) is 10.2 Å². The third-order valence-corrected chi connectivity index (χ3v) is 11.4. The fourth-order valence-electron chi connectivity index (χ4n) is 9.71. The quantitative estimate of drug-likeness (QED) is 0.548. The van der Waals surface area contributed by atoms with Crippen molar-refractivity contribution in [3.63, 3.8) is 0 Å². The monoisotopic (exact) mass is 430 g/mol. The predicted octanol–water partition coefficient (Wildman–Crippen LogP) is 4.68. The minimum atomic E-state index is -0.584. The van der Waals surface area contributed by atoms with Crippen molar-refractivity contribution in [3.05, 3.63) is 11.6 Å². The van der Waals surface area contributed by atoms with Gasteiger partial charge in [0.1, 0.15) is 0 Å². The van der Waals surface area contributed by atoms with Crippen LogP contribution in [-0.4, -0.2) is 40.9 Å². The molecule has 0 radical (unpaired) electrons. The Morgan fingerprint density at radius 3 is 2.58 bits per heavy atom. The van der Waals surface area contributed by atoms with Gasteiger partial charge >= 0.3 is 0 Å². The normalized spacial score (nSPS) is 60.7. The van der Waals surface area contributed by atoms with Gasteiger partial charge in [0.2, 0.25) is 0 Å². The molecule has 4 nitrogen and oxygen atoms in total. The minimum Gasteiger partial charge on any atom is -0.390 e. The number of allylic oxidation sites excluding steroid dienone is 1. The Balaban J connectivity index is 1.28. The summed E-state index contributed by atoms with van der Waals surface area (Å²) < 4.78 is 13.3. The Labute approximate surface area is 187 Å². The summed E-state index contributed by atoms with van der Waals surface area (Å²) >= 11 is 0. The first kappa shape index (κ1) is 21.1. The van der Waals surface area contributed by atoms with Crippen molar-refractivity contribution in [2.75, 3.05) is 6.61 Å². The van der Waals surface area contributed by atoms with Gasteiger partial charge in [0.05, 0.1) is 24.9 Å². The van der Waals surface area contributed by atoms with Crippen LogP contribution in [0.3, 0.4) is 0 Å². The van der Waals surface area contributed by atoms with E-state index in [1.165, 1.54) is 31.3 Å². The van der Waals surface area contributed by atoms with E-state index in [-0.39, 0.29) is 11.2 Å². The van der Waals surface area contributed by atoms with Crippen LogP contribution in [0.2, 0.25) is 0 Å². The molecule has 2 N–H and O–H groups in total. The fraction of sp³-hybridized carbons (Fsp3) is 0.926. The van der Waals surface area contributed by atoms with Crippen LogP contribution >= 0.6 is 0 Å². The SMILES string of the molecule is C[C@@H]1CC[C@@]2(OC1)O[C@H]1C[C@H]3[C@@H]4CC=C5C[C@@H](O)[C@H](O)C[C@]5(C)[C@H]4CC[C@]3(C)[C@H]1[C@@H]2C. The molecule has 31 heavy (non-hydrogen) atoms. The molecule has 2 aliphatic heterocycles. The van der Waals surface area contributed by atoms with E-state index in [0.717, 1.165) is 25.9 Å². The summed E-state index contributed by atoms with van der Waals surface area (Å²) in [5, 5.41) is 20.8. The van der Waals surface area contributed by atoms with Crippen LogP contribution in [0.5, 0.6) is 0 Å². The van der Waals surface area contributed by atoms with E-state index < -0.39 is 12.2 Å². The number of rotatable bonds is 0. The second-order valence-corrected chi connectivity index (χ2v) is 12.8. The third kappa shape index (κ3) is 2.74. The van der Waals surface area contributed by atoms with E-state index >= 15 is 0 Å². The number of aliphatic hydroxyl groups excluding tert-OH is 2. The lowest BCUT2D eigenvalue weighted by molar-refractivity contribution is -0.272. The predicted molar refractivity (Wildman–Crippen MR) is 119 cm³/mol. The Hall–Kier alpha value is -0.420. The van der Waals surface area contributed by atoms with Gasteiger partial charge in [-0.15, -0.1) is 0 Å². The van der Waals surface area contributed by atoms with Crippen LogP contribution in [0.25, 0.3) is 0 Å². The van der Waals surface area contributed by atoms with Crippen LogP contribution < -0.4 is 0 Å². The van der Waals surface area contributed by atoms with E-state index in [0.29, 0.717) is 53.4 Å². The molecule has 12 atom stereocenters. The summed E-state index contributed by atoms with van der Waals surface area (Å²) in [5.74, 6) is 3.39. The van der Waals surface area contributed by atoms with Gasteiger partial charge in [-0.1, -0.05) is 39.3 Å². The molecule has 0 bridgehead atoms. The molecule has 5 fully saturated rings. The van der Waals surface area contributed by atoms with Crippen LogP contribution in [-0.2, 0) is 9.47 Å². The third-order valence-electron chi connectivity index (χ3n) is 11.4. The summed E-state index contributed by atoms with van der Waals surface area (Å²) in [5.41, 5.74) is 1.80. The molecule has 0 unspecified atom stereocenters. The molecule has 2 heterocycles. The lowest BCUT2D eigenvalue weighted by Crippen LogP contribution is -2.54. The van der Waals surface area contributed by atoms with Crippen LogP contribution in [0, 0.1) is 46.3 Å². The summed E-state index contributed by atoms with van der Waals surface area (Å²) in [6, 6.07) is 0. The van der Waals surface area contributed by atoms with Gasteiger partial charge in [-0.2, -0.15) is 0 Å².